The number of aromatic nitrogens is 2. The van der Waals surface area contributed by atoms with Crippen molar-refractivity contribution in [2.75, 3.05) is 41.4 Å². The molecule has 9 heteroatoms. The summed E-state index contributed by atoms with van der Waals surface area (Å²) in [5.74, 6) is -0.670. The van der Waals surface area contributed by atoms with Crippen molar-refractivity contribution in [3.05, 3.63) is 65.1 Å². The van der Waals surface area contributed by atoms with E-state index in [0.29, 0.717) is 47.2 Å². The third-order valence-electron chi connectivity index (χ3n) is 5.98. The van der Waals surface area contributed by atoms with E-state index in [0.717, 1.165) is 0 Å². The number of ether oxygens (including phenoxy) is 2. The maximum Gasteiger partial charge on any atom is 0.295 e. The van der Waals surface area contributed by atoms with E-state index in [2.05, 4.69) is 4.98 Å². The van der Waals surface area contributed by atoms with Crippen LogP contribution in [0.5, 0.6) is 11.5 Å². The Morgan fingerprint density at radius 1 is 1.12 bits per heavy atom. The number of nitrogens with zero attached hydrogens (tertiary/aromatic N) is 4. The fraction of sp³-hybridized carbons (Fsp3) is 0.320. The minimum atomic E-state index is -0.798. The van der Waals surface area contributed by atoms with Crippen molar-refractivity contribution >= 4 is 23.1 Å². The highest BCUT2D eigenvalue weighted by atomic mass is 16.5. The first-order valence-corrected chi connectivity index (χ1v) is 10.9. The number of Topliss-reactive ketones (excluding diaryl/α,β-unsaturated/α-hetero) is 1. The second-order valence-corrected chi connectivity index (χ2v) is 8.38. The third-order valence-corrected chi connectivity index (χ3v) is 5.98. The molecule has 0 unspecified atom stereocenters. The molecule has 1 amide bonds. The Labute approximate surface area is 197 Å². The molecule has 0 bridgehead atoms. The number of aryl methyl sites for hydroxylation is 1. The number of methoxy groups -OCH3 is 2. The quantitative estimate of drug-likeness (QED) is 0.326. The van der Waals surface area contributed by atoms with Gasteiger partial charge in [0, 0.05) is 19.3 Å². The van der Waals surface area contributed by atoms with Crippen LogP contribution in [-0.2, 0) is 9.59 Å². The zero-order valence-corrected chi connectivity index (χ0v) is 19.9. The molecule has 0 radical (unpaired) electrons. The molecule has 0 aliphatic carbocycles. The predicted molar refractivity (Wildman–Crippen MR) is 127 cm³/mol. The van der Waals surface area contributed by atoms with E-state index in [1.165, 1.54) is 19.1 Å². The summed E-state index contributed by atoms with van der Waals surface area (Å²) in [4.78, 5) is 34.4. The topological polar surface area (TPSA) is 96.6 Å². The second-order valence-electron chi connectivity index (χ2n) is 8.38. The van der Waals surface area contributed by atoms with Crippen molar-refractivity contribution in [1.82, 2.24) is 19.2 Å². The summed E-state index contributed by atoms with van der Waals surface area (Å²) in [6.45, 7) is 2.61. The van der Waals surface area contributed by atoms with Crippen LogP contribution in [0.3, 0.4) is 0 Å². The van der Waals surface area contributed by atoms with Gasteiger partial charge in [-0.3, -0.25) is 14.0 Å². The molecule has 1 atom stereocenters. The van der Waals surface area contributed by atoms with E-state index in [1.807, 2.05) is 37.2 Å². The van der Waals surface area contributed by atoms with Gasteiger partial charge in [0.05, 0.1) is 31.5 Å². The normalized spacial score (nSPS) is 17.7. The number of rotatable bonds is 7. The smallest absolute Gasteiger partial charge is 0.295 e. The summed E-state index contributed by atoms with van der Waals surface area (Å²) in [7, 11) is 6.84. The van der Waals surface area contributed by atoms with Gasteiger partial charge in [-0.1, -0.05) is 12.1 Å². The first-order valence-electron chi connectivity index (χ1n) is 10.9. The van der Waals surface area contributed by atoms with Crippen LogP contribution < -0.4 is 9.47 Å². The Morgan fingerprint density at radius 3 is 2.53 bits per heavy atom. The predicted octanol–water partition coefficient (Wildman–Crippen LogP) is 2.64. The Morgan fingerprint density at radius 2 is 1.85 bits per heavy atom. The molecular formula is C25H28N4O5. The van der Waals surface area contributed by atoms with Gasteiger partial charge in [0.25, 0.3) is 11.7 Å². The fourth-order valence-electron chi connectivity index (χ4n) is 4.31. The molecular weight excluding hydrogens is 436 g/mol. The number of likely N-dealkylation sites (N-methyl/N-ethyl adjacent to an activating group) is 1. The van der Waals surface area contributed by atoms with Crippen LogP contribution in [-0.4, -0.2) is 77.4 Å². The lowest BCUT2D eigenvalue weighted by molar-refractivity contribution is -0.140. The molecule has 1 aliphatic rings. The van der Waals surface area contributed by atoms with E-state index in [4.69, 9.17) is 9.47 Å². The van der Waals surface area contributed by atoms with Gasteiger partial charge in [-0.2, -0.15) is 0 Å². The number of hydrogen-bond donors (Lipinski definition) is 1. The Bertz CT molecular complexity index is 1290. The molecule has 4 rings (SSSR count). The molecule has 1 N–H and O–H groups in total. The van der Waals surface area contributed by atoms with Gasteiger partial charge in [-0.25, -0.2) is 4.98 Å². The van der Waals surface area contributed by atoms with E-state index in [1.54, 1.807) is 35.7 Å². The molecule has 9 nitrogen and oxygen atoms in total. The number of imidazole rings is 1. The van der Waals surface area contributed by atoms with Crippen LogP contribution >= 0.6 is 0 Å². The van der Waals surface area contributed by atoms with Crippen LogP contribution in [0.15, 0.2) is 48.2 Å². The molecule has 1 aliphatic heterocycles. The maximum atomic E-state index is 13.3. The first-order chi connectivity index (χ1) is 16.3. The number of amides is 1. The molecule has 0 spiro atoms. The number of hydrogen-bond acceptors (Lipinski definition) is 7. The molecule has 1 aromatic carbocycles. The van der Waals surface area contributed by atoms with Gasteiger partial charge in [-0.05, 0) is 50.8 Å². The fourth-order valence-corrected chi connectivity index (χ4v) is 4.31. The molecule has 178 valence electrons. The largest absolute Gasteiger partial charge is 0.505 e. The number of benzene rings is 1. The summed E-state index contributed by atoms with van der Waals surface area (Å²) in [6, 6.07) is 9.89. The van der Waals surface area contributed by atoms with Gasteiger partial charge in [0.1, 0.15) is 11.3 Å². The molecule has 1 saturated heterocycles. The number of carbonyl (C=O) groups excluding carboxylic acids is 2. The van der Waals surface area contributed by atoms with Crippen LogP contribution in [0.2, 0.25) is 0 Å². The standard InChI is InChI=1S/C25H28N4O5/c1-15-21(28-11-7-6-8-19(28)26-15)23(30)20-22(16-9-10-17(33-4)18(14-16)34-5)29(13-12-27(2)3)25(32)24(20)31/h6-11,14,22,30H,12-13H2,1-5H3/b23-20+/t22-/m1/s1. The van der Waals surface area contributed by atoms with E-state index < -0.39 is 17.7 Å². The number of ketones is 1. The number of fused-ring (bicyclic) bond motifs is 1. The van der Waals surface area contributed by atoms with Gasteiger partial charge >= 0.3 is 0 Å². The van der Waals surface area contributed by atoms with Crippen molar-refractivity contribution < 1.29 is 24.2 Å². The SMILES string of the molecule is COc1ccc([C@@H]2/C(=C(\O)c3c(C)nc4ccccn34)C(=O)C(=O)N2CCN(C)C)cc1OC. The van der Waals surface area contributed by atoms with Gasteiger partial charge in [-0.15, -0.1) is 0 Å². The number of carbonyl (C=O) groups is 2. The molecule has 3 aromatic rings. The lowest BCUT2D eigenvalue weighted by Gasteiger charge is -2.27. The zero-order valence-electron chi connectivity index (χ0n) is 19.9. The Hall–Kier alpha value is -3.85. The van der Waals surface area contributed by atoms with Crippen molar-refractivity contribution in [1.29, 1.82) is 0 Å². The lowest BCUT2D eigenvalue weighted by atomic mass is 9.96. The van der Waals surface area contributed by atoms with Gasteiger partial charge < -0.3 is 24.4 Å². The highest BCUT2D eigenvalue weighted by Crippen LogP contribution is 2.42. The third kappa shape index (κ3) is 3.88. The zero-order chi connectivity index (χ0) is 24.6. The van der Waals surface area contributed by atoms with Gasteiger partial charge in [0.15, 0.2) is 17.3 Å². The summed E-state index contributed by atoms with van der Waals surface area (Å²) in [5.41, 5.74) is 2.21. The van der Waals surface area contributed by atoms with Crippen LogP contribution in [0.4, 0.5) is 0 Å². The van der Waals surface area contributed by atoms with Crippen molar-refractivity contribution in [3.8, 4) is 11.5 Å². The Kier molecular flexibility index (Phi) is 6.30. The van der Waals surface area contributed by atoms with Crippen LogP contribution in [0.25, 0.3) is 11.4 Å². The molecule has 2 aromatic heterocycles. The summed E-state index contributed by atoms with van der Waals surface area (Å²) in [5, 5.41) is 11.5. The molecule has 3 heterocycles. The van der Waals surface area contributed by atoms with E-state index >= 15 is 0 Å². The number of aliphatic hydroxyl groups is 1. The second kappa shape index (κ2) is 9.18. The summed E-state index contributed by atoms with van der Waals surface area (Å²) in [6.07, 6.45) is 1.76. The monoisotopic (exact) mass is 464 g/mol. The highest BCUT2D eigenvalue weighted by molar-refractivity contribution is 6.46. The minimum absolute atomic E-state index is 0.0183. The number of likely N-dealkylation sites (tertiary alicyclic amines) is 1. The van der Waals surface area contributed by atoms with Crippen molar-refractivity contribution in [3.63, 3.8) is 0 Å². The van der Waals surface area contributed by atoms with Gasteiger partial charge in [0.2, 0.25) is 0 Å². The number of pyridine rings is 1. The Balaban J connectivity index is 1.94. The van der Waals surface area contributed by atoms with Crippen LogP contribution in [0, 0.1) is 6.92 Å². The van der Waals surface area contributed by atoms with Crippen molar-refractivity contribution in [2.45, 2.75) is 13.0 Å². The van der Waals surface area contributed by atoms with E-state index in [9.17, 15) is 14.7 Å². The number of aliphatic hydroxyl groups excluding tert-OH is 1. The van der Waals surface area contributed by atoms with E-state index in [-0.39, 0.29) is 11.3 Å². The average Bonchev–Trinajstić information content (AvgIpc) is 3.29. The summed E-state index contributed by atoms with van der Waals surface area (Å²) < 4.78 is 12.5. The highest BCUT2D eigenvalue weighted by Gasteiger charge is 2.46. The molecule has 34 heavy (non-hydrogen) atoms. The summed E-state index contributed by atoms with van der Waals surface area (Å²) >= 11 is 0. The molecule has 0 saturated carbocycles. The molecule has 1 fully saturated rings. The minimum Gasteiger partial charge on any atom is -0.505 e. The van der Waals surface area contributed by atoms with Crippen LogP contribution in [0.1, 0.15) is 23.0 Å². The first kappa shape index (κ1) is 23.3. The average molecular weight is 465 g/mol. The maximum absolute atomic E-state index is 13.3. The lowest BCUT2D eigenvalue weighted by Crippen LogP contribution is -2.35. The van der Waals surface area contributed by atoms with Crippen molar-refractivity contribution in [2.24, 2.45) is 0 Å².